The molecule has 0 aromatic carbocycles. The van der Waals surface area contributed by atoms with E-state index >= 15 is 0 Å². The number of likely N-dealkylation sites (tertiary alicyclic amines) is 2. The predicted octanol–water partition coefficient (Wildman–Crippen LogP) is 0.696. The third-order valence-electron chi connectivity index (χ3n) is 5.26. The van der Waals surface area contributed by atoms with Gasteiger partial charge in [-0.05, 0) is 31.8 Å². The lowest BCUT2D eigenvalue weighted by Gasteiger charge is -2.51. The van der Waals surface area contributed by atoms with E-state index < -0.39 is 0 Å². The monoisotopic (exact) mass is 280 g/mol. The number of nitrogens with one attached hydrogen (secondary N) is 1. The molecule has 3 saturated heterocycles. The van der Waals surface area contributed by atoms with Gasteiger partial charge >= 0.3 is 0 Å². The molecule has 0 radical (unpaired) electrons. The first-order valence-corrected chi connectivity index (χ1v) is 8.63. The van der Waals surface area contributed by atoms with Gasteiger partial charge in [-0.3, -0.25) is 9.80 Å². The fourth-order valence-electron chi connectivity index (χ4n) is 4.05. The standard InChI is InChI=1S/C16H32N4/c1-14(2)11-18-7-3-15(4-8-18)20-12-16(13-20)19-9-5-17-6-10-19/h14-17H,3-13H2,1-2H3. The molecular formula is C16H32N4. The van der Waals surface area contributed by atoms with E-state index in [1.807, 2.05) is 0 Å². The van der Waals surface area contributed by atoms with Crippen molar-refractivity contribution >= 4 is 0 Å². The second-order valence-electron chi connectivity index (χ2n) is 7.32. The summed E-state index contributed by atoms with van der Waals surface area (Å²) in [7, 11) is 0. The molecule has 3 aliphatic rings. The number of hydrogen-bond donors (Lipinski definition) is 1. The molecule has 3 aliphatic heterocycles. The number of piperazine rings is 1. The van der Waals surface area contributed by atoms with Crippen LogP contribution in [0, 0.1) is 5.92 Å². The smallest absolute Gasteiger partial charge is 0.0351 e. The SMILES string of the molecule is CC(C)CN1CCC(N2CC(N3CCNCC3)C2)CC1. The Labute approximate surface area is 124 Å². The number of piperidine rings is 1. The average Bonchev–Trinajstić information content (AvgIpc) is 2.40. The summed E-state index contributed by atoms with van der Waals surface area (Å²) in [4.78, 5) is 8.11. The van der Waals surface area contributed by atoms with Crippen molar-refractivity contribution in [2.75, 3.05) is 58.9 Å². The Kier molecular flexibility index (Phi) is 4.97. The van der Waals surface area contributed by atoms with Crippen molar-refractivity contribution in [3.63, 3.8) is 0 Å². The van der Waals surface area contributed by atoms with Crippen LogP contribution in [0.5, 0.6) is 0 Å². The lowest BCUT2D eigenvalue weighted by atomic mass is 9.96. The topological polar surface area (TPSA) is 21.8 Å². The van der Waals surface area contributed by atoms with Gasteiger partial charge in [0.25, 0.3) is 0 Å². The fourth-order valence-corrected chi connectivity index (χ4v) is 4.05. The Morgan fingerprint density at radius 2 is 1.55 bits per heavy atom. The van der Waals surface area contributed by atoms with Gasteiger partial charge in [0.15, 0.2) is 0 Å². The molecule has 1 N–H and O–H groups in total. The lowest BCUT2D eigenvalue weighted by Crippen LogP contribution is -2.65. The van der Waals surface area contributed by atoms with Gasteiger partial charge in [-0.15, -0.1) is 0 Å². The van der Waals surface area contributed by atoms with Gasteiger partial charge in [0, 0.05) is 57.9 Å². The van der Waals surface area contributed by atoms with Crippen molar-refractivity contribution in [1.29, 1.82) is 0 Å². The molecule has 3 fully saturated rings. The molecule has 0 atom stereocenters. The van der Waals surface area contributed by atoms with Crippen LogP contribution in [0.3, 0.4) is 0 Å². The van der Waals surface area contributed by atoms with Crippen LogP contribution >= 0.6 is 0 Å². The molecule has 0 saturated carbocycles. The van der Waals surface area contributed by atoms with E-state index in [1.165, 1.54) is 71.7 Å². The maximum atomic E-state index is 3.45. The Bertz CT molecular complexity index is 287. The van der Waals surface area contributed by atoms with Gasteiger partial charge in [0.1, 0.15) is 0 Å². The van der Waals surface area contributed by atoms with Gasteiger partial charge in [-0.1, -0.05) is 13.8 Å². The summed E-state index contributed by atoms with van der Waals surface area (Å²) in [5, 5.41) is 3.45. The minimum absolute atomic E-state index is 0.813. The zero-order valence-corrected chi connectivity index (χ0v) is 13.4. The lowest BCUT2D eigenvalue weighted by molar-refractivity contribution is -0.0189. The summed E-state index contributed by atoms with van der Waals surface area (Å²) < 4.78 is 0. The zero-order valence-electron chi connectivity index (χ0n) is 13.4. The maximum absolute atomic E-state index is 3.45. The Hall–Kier alpha value is -0.160. The molecule has 20 heavy (non-hydrogen) atoms. The summed E-state index contributed by atoms with van der Waals surface area (Å²) in [6.07, 6.45) is 2.78. The van der Waals surface area contributed by atoms with Gasteiger partial charge in [0.2, 0.25) is 0 Å². The largest absolute Gasteiger partial charge is 0.314 e. The third-order valence-corrected chi connectivity index (χ3v) is 5.26. The molecule has 3 rings (SSSR count). The van der Waals surface area contributed by atoms with E-state index in [2.05, 4.69) is 33.9 Å². The van der Waals surface area contributed by atoms with E-state index in [1.54, 1.807) is 0 Å². The summed E-state index contributed by atoms with van der Waals surface area (Å²) in [5.74, 6) is 0.813. The zero-order chi connectivity index (χ0) is 13.9. The highest BCUT2D eigenvalue weighted by Gasteiger charge is 2.37. The number of hydrogen-bond acceptors (Lipinski definition) is 4. The first-order chi connectivity index (χ1) is 9.72. The molecule has 0 aromatic rings. The molecule has 0 spiro atoms. The molecule has 0 unspecified atom stereocenters. The Morgan fingerprint density at radius 1 is 0.900 bits per heavy atom. The predicted molar refractivity (Wildman–Crippen MR) is 84.1 cm³/mol. The van der Waals surface area contributed by atoms with Crippen LogP contribution in [0.2, 0.25) is 0 Å². The number of nitrogens with zero attached hydrogens (tertiary/aromatic N) is 3. The molecule has 4 heteroatoms. The van der Waals surface area contributed by atoms with Crippen LogP contribution in [0.15, 0.2) is 0 Å². The maximum Gasteiger partial charge on any atom is 0.0351 e. The summed E-state index contributed by atoms with van der Waals surface area (Å²) in [6, 6.07) is 1.73. The van der Waals surface area contributed by atoms with Crippen LogP contribution in [0.1, 0.15) is 26.7 Å². The normalized spacial score (nSPS) is 28.9. The van der Waals surface area contributed by atoms with Gasteiger partial charge in [-0.2, -0.15) is 0 Å². The van der Waals surface area contributed by atoms with E-state index in [0.717, 1.165) is 18.0 Å². The highest BCUT2D eigenvalue weighted by Crippen LogP contribution is 2.24. The first kappa shape index (κ1) is 14.8. The molecule has 3 heterocycles. The third kappa shape index (κ3) is 3.53. The molecule has 4 nitrogen and oxygen atoms in total. The van der Waals surface area contributed by atoms with Crippen LogP contribution in [0.4, 0.5) is 0 Å². The van der Waals surface area contributed by atoms with E-state index in [4.69, 9.17) is 0 Å². The van der Waals surface area contributed by atoms with Crippen molar-refractivity contribution < 1.29 is 0 Å². The summed E-state index contributed by atoms with van der Waals surface area (Å²) >= 11 is 0. The van der Waals surface area contributed by atoms with Crippen molar-refractivity contribution in [2.45, 2.75) is 38.8 Å². The highest BCUT2D eigenvalue weighted by molar-refractivity contribution is 4.94. The van der Waals surface area contributed by atoms with Crippen LogP contribution in [-0.4, -0.2) is 85.7 Å². The average molecular weight is 280 g/mol. The van der Waals surface area contributed by atoms with Crippen LogP contribution in [0.25, 0.3) is 0 Å². The Balaban J connectivity index is 1.36. The van der Waals surface area contributed by atoms with Gasteiger partial charge in [-0.25, -0.2) is 0 Å². The first-order valence-electron chi connectivity index (χ1n) is 8.63. The van der Waals surface area contributed by atoms with E-state index in [9.17, 15) is 0 Å². The highest BCUT2D eigenvalue weighted by atomic mass is 15.3. The molecule has 0 aromatic heterocycles. The second-order valence-corrected chi connectivity index (χ2v) is 7.32. The van der Waals surface area contributed by atoms with Gasteiger partial charge < -0.3 is 10.2 Å². The molecule has 0 bridgehead atoms. The molecular weight excluding hydrogens is 248 g/mol. The van der Waals surface area contributed by atoms with Crippen molar-refractivity contribution in [2.24, 2.45) is 5.92 Å². The second kappa shape index (κ2) is 6.73. The molecule has 116 valence electrons. The van der Waals surface area contributed by atoms with Crippen LogP contribution in [-0.2, 0) is 0 Å². The Morgan fingerprint density at radius 3 is 2.15 bits per heavy atom. The van der Waals surface area contributed by atoms with E-state index in [0.29, 0.717) is 0 Å². The minimum Gasteiger partial charge on any atom is -0.314 e. The van der Waals surface area contributed by atoms with Crippen LogP contribution < -0.4 is 5.32 Å². The fraction of sp³-hybridized carbons (Fsp3) is 1.00. The summed E-state index contributed by atoms with van der Waals surface area (Å²) in [5.41, 5.74) is 0. The van der Waals surface area contributed by atoms with Crippen molar-refractivity contribution in [3.8, 4) is 0 Å². The van der Waals surface area contributed by atoms with Crippen molar-refractivity contribution in [1.82, 2.24) is 20.0 Å². The number of rotatable bonds is 4. The quantitative estimate of drug-likeness (QED) is 0.818. The molecule has 0 amide bonds. The van der Waals surface area contributed by atoms with E-state index in [-0.39, 0.29) is 0 Å². The minimum atomic E-state index is 0.813. The molecule has 0 aliphatic carbocycles. The van der Waals surface area contributed by atoms with Crippen molar-refractivity contribution in [3.05, 3.63) is 0 Å². The van der Waals surface area contributed by atoms with Gasteiger partial charge in [0.05, 0.1) is 0 Å². The summed E-state index contributed by atoms with van der Waals surface area (Å²) in [6.45, 7) is 16.1.